The Hall–Kier alpha value is -2.46. The van der Waals surface area contributed by atoms with Crippen LogP contribution in [0.2, 0.25) is 0 Å². The van der Waals surface area contributed by atoms with E-state index in [2.05, 4.69) is 26.5 Å². The van der Waals surface area contributed by atoms with Gasteiger partial charge < -0.3 is 4.42 Å². The SMILES string of the molecule is c1ccc2ncccc2c1.c1ccoc1.c1cscn1. The molecular weight excluding hydrogens is 268 g/mol. The molecule has 3 aromatic heterocycles. The lowest BCUT2D eigenvalue weighted by Crippen LogP contribution is -1.73. The van der Waals surface area contributed by atoms with E-state index < -0.39 is 0 Å². The first-order chi connectivity index (χ1) is 9.97. The van der Waals surface area contributed by atoms with Gasteiger partial charge in [0.2, 0.25) is 0 Å². The Labute approximate surface area is 121 Å². The number of furan rings is 1. The first kappa shape index (κ1) is 14.0. The molecule has 0 atom stereocenters. The minimum atomic E-state index is 1.06. The molecule has 4 aromatic rings. The average Bonchev–Trinajstić information content (AvgIpc) is 3.25. The topological polar surface area (TPSA) is 38.9 Å². The predicted octanol–water partition coefficient (Wildman–Crippen LogP) is 4.66. The summed E-state index contributed by atoms with van der Waals surface area (Å²) in [6.45, 7) is 0. The zero-order valence-electron chi connectivity index (χ0n) is 10.8. The van der Waals surface area contributed by atoms with Crippen LogP contribution in [-0.4, -0.2) is 9.97 Å². The van der Waals surface area contributed by atoms with Gasteiger partial charge in [0.05, 0.1) is 23.6 Å². The smallest absolute Gasteiger partial charge is 0.0902 e. The van der Waals surface area contributed by atoms with Crippen molar-refractivity contribution in [3.8, 4) is 0 Å². The van der Waals surface area contributed by atoms with E-state index in [1.807, 2.05) is 48.0 Å². The molecule has 0 aliphatic heterocycles. The van der Waals surface area contributed by atoms with Gasteiger partial charge in [-0.25, -0.2) is 0 Å². The third-order valence-electron chi connectivity index (χ3n) is 2.28. The molecule has 0 saturated heterocycles. The second-order valence-corrected chi connectivity index (χ2v) is 4.42. The van der Waals surface area contributed by atoms with Gasteiger partial charge in [-0.15, -0.1) is 11.3 Å². The van der Waals surface area contributed by atoms with E-state index >= 15 is 0 Å². The summed E-state index contributed by atoms with van der Waals surface area (Å²) in [4.78, 5) is 7.92. The number of benzene rings is 1. The van der Waals surface area contributed by atoms with E-state index in [9.17, 15) is 0 Å². The van der Waals surface area contributed by atoms with Crippen LogP contribution in [0.1, 0.15) is 0 Å². The summed E-state index contributed by atoms with van der Waals surface area (Å²) in [5.74, 6) is 0. The maximum atomic E-state index is 4.58. The van der Waals surface area contributed by atoms with Crippen molar-refractivity contribution in [1.82, 2.24) is 9.97 Å². The summed E-state index contributed by atoms with van der Waals surface area (Å²) in [7, 11) is 0. The number of hydrogen-bond acceptors (Lipinski definition) is 4. The maximum absolute atomic E-state index is 4.58. The van der Waals surface area contributed by atoms with Crippen molar-refractivity contribution < 1.29 is 4.42 Å². The average molecular weight is 282 g/mol. The fourth-order valence-electron chi connectivity index (χ4n) is 1.42. The van der Waals surface area contributed by atoms with Crippen molar-refractivity contribution in [2.24, 2.45) is 0 Å². The molecule has 0 N–H and O–H groups in total. The van der Waals surface area contributed by atoms with Crippen LogP contribution in [0.3, 0.4) is 0 Å². The van der Waals surface area contributed by atoms with E-state index in [4.69, 9.17) is 0 Å². The van der Waals surface area contributed by atoms with Gasteiger partial charge in [0.15, 0.2) is 0 Å². The Morgan fingerprint density at radius 1 is 0.850 bits per heavy atom. The first-order valence-corrected chi connectivity index (χ1v) is 7.00. The molecule has 0 radical (unpaired) electrons. The van der Waals surface area contributed by atoms with Crippen molar-refractivity contribution in [1.29, 1.82) is 0 Å². The number of pyridine rings is 1. The van der Waals surface area contributed by atoms with Gasteiger partial charge >= 0.3 is 0 Å². The van der Waals surface area contributed by atoms with Crippen LogP contribution in [0.15, 0.2) is 88.8 Å². The molecule has 0 fully saturated rings. The molecule has 0 bridgehead atoms. The quantitative estimate of drug-likeness (QED) is 0.471. The summed E-state index contributed by atoms with van der Waals surface area (Å²) in [5.41, 5.74) is 2.85. The van der Waals surface area contributed by atoms with Crippen molar-refractivity contribution in [2.45, 2.75) is 0 Å². The molecule has 1 aromatic carbocycles. The van der Waals surface area contributed by atoms with E-state index in [1.165, 1.54) is 5.39 Å². The number of rotatable bonds is 0. The second kappa shape index (κ2) is 8.61. The zero-order chi connectivity index (χ0) is 13.9. The highest BCUT2D eigenvalue weighted by Gasteiger charge is 1.86. The van der Waals surface area contributed by atoms with Gasteiger partial charge in [-0.2, -0.15) is 0 Å². The Morgan fingerprint density at radius 3 is 2.20 bits per heavy atom. The summed E-state index contributed by atoms with van der Waals surface area (Å²) < 4.78 is 4.58. The number of thiazole rings is 1. The molecule has 0 amide bonds. The molecule has 3 heterocycles. The van der Waals surface area contributed by atoms with Gasteiger partial charge in [0.25, 0.3) is 0 Å². The molecule has 3 nitrogen and oxygen atoms in total. The van der Waals surface area contributed by atoms with E-state index in [1.54, 1.807) is 35.6 Å². The van der Waals surface area contributed by atoms with Crippen LogP contribution in [-0.2, 0) is 0 Å². The highest BCUT2D eigenvalue weighted by molar-refractivity contribution is 7.07. The minimum Gasteiger partial charge on any atom is -0.473 e. The van der Waals surface area contributed by atoms with E-state index in [0.29, 0.717) is 0 Å². The van der Waals surface area contributed by atoms with Crippen LogP contribution in [0.25, 0.3) is 10.9 Å². The molecule has 20 heavy (non-hydrogen) atoms. The molecule has 0 unspecified atom stereocenters. The fraction of sp³-hybridized carbons (Fsp3) is 0. The lowest BCUT2D eigenvalue weighted by atomic mass is 10.2. The number of hydrogen-bond donors (Lipinski definition) is 0. The minimum absolute atomic E-state index is 1.06. The van der Waals surface area contributed by atoms with E-state index in [-0.39, 0.29) is 0 Å². The van der Waals surface area contributed by atoms with Gasteiger partial charge in [-0.3, -0.25) is 9.97 Å². The third-order valence-corrected chi connectivity index (χ3v) is 2.81. The van der Waals surface area contributed by atoms with Crippen molar-refractivity contribution in [2.75, 3.05) is 0 Å². The molecule has 0 aliphatic carbocycles. The summed E-state index contributed by atoms with van der Waals surface area (Å²) in [6, 6.07) is 15.8. The largest absolute Gasteiger partial charge is 0.473 e. The predicted molar refractivity (Wildman–Crippen MR) is 82.6 cm³/mol. The lowest BCUT2D eigenvalue weighted by Gasteiger charge is -1.91. The van der Waals surface area contributed by atoms with Gasteiger partial charge in [0, 0.05) is 23.2 Å². The summed E-state index contributed by atoms with van der Waals surface area (Å²) in [5, 5.41) is 3.13. The number of aromatic nitrogens is 2. The summed E-state index contributed by atoms with van der Waals surface area (Å²) >= 11 is 1.60. The molecular formula is C16H14N2OS. The second-order valence-electron chi connectivity index (χ2n) is 3.66. The van der Waals surface area contributed by atoms with Crippen LogP contribution in [0.5, 0.6) is 0 Å². The molecule has 0 saturated carbocycles. The zero-order valence-corrected chi connectivity index (χ0v) is 11.6. The summed E-state index contributed by atoms with van der Waals surface area (Å²) in [6.07, 6.45) is 6.83. The molecule has 4 heteroatoms. The Kier molecular flexibility index (Phi) is 6.01. The van der Waals surface area contributed by atoms with Crippen molar-refractivity contribution in [3.05, 3.63) is 84.3 Å². The third kappa shape index (κ3) is 5.04. The van der Waals surface area contributed by atoms with Crippen LogP contribution >= 0.6 is 11.3 Å². The Morgan fingerprint density at radius 2 is 1.65 bits per heavy atom. The molecule has 0 aliphatic rings. The van der Waals surface area contributed by atoms with Crippen LogP contribution < -0.4 is 0 Å². The highest BCUT2D eigenvalue weighted by atomic mass is 32.1. The Balaban J connectivity index is 0.000000124. The number of fused-ring (bicyclic) bond motifs is 1. The van der Waals surface area contributed by atoms with Gasteiger partial charge in [-0.05, 0) is 24.3 Å². The lowest BCUT2D eigenvalue weighted by molar-refractivity contribution is 0.567. The van der Waals surface area contributed by atoms with Crippen LogP contribution in [0.4, 0.5) is 0 Å². The van der Waals surface area contributed by atoms with Gasteiger partial charge in [0.1, 0.15) is 0 Å². The maximum Gasteiger partial charge on any atom is 0.0902 e. The molecule has 4 rings (SSSR count). The fourth-order valence-corrected chi connectivity index (χ4v) is 1.77. The van der Waals surface area contributed by atoms with Crippen molar-refractivity contribution in [3.63, 3.8) is 0 Å². The van der Waals surface area contributed by atoms with E-state index in [0.717, 1.165) is 5.52 Å². The monoisotopic (exact) mass is 282 g/mol. The highest BCUT2D eigenvalue weighted by Crippen LogP contribution is 2.07. The number of para-hydroxylation sites is 1. The Bertz CT molecular complexity index is 552. The van der Waals surface area contributed by atoms with Crippen molar-refractivity contribution >= 4 is 22.2 Å². The standard InChI is InChI=1S/C9H7N.C4H4O.C3H3NS/c1-2-6-9-8(4-1)5-3-7-10-9;1-2-4-5-3-1;1-2-5-3-4-1/h1-7H;1-4H;1-3H. The first-order valence-electron chi connectivity index (χ1n) is 6.06. The van der Waals surface area contributed by atoms with Crippen LogP contribution in [0, 0.1) is 0 Å². The normalized spacial score (nSPS) is 9.00. The van der Waals surface area contributed by atoms with Gasteiger partial charge in [-0.1, -0.05) is 24.3 Å². The molecule has 0 spiro atoms. The molecule has 100 valence electrons. The number of nitrogens with zero attached hydrogens (tertiary/aromatic N) is 2.